The molecule has 0 atom stereocenters. The van der Waals surface area contributed by atoms with Crippen molar-refractivity contribution in [2.75, 3.05) is 13.7 Å². The van der Waals surface area contributed by atoms with E-state index in [1.165, 1.54) is 24.7 Å². The van der Waals surface area contributed by atoms with Gasteiger partial charge in [0.15, 0.2) is 0 Å². The van der Waals surface area contributed by atoms with Crippen LogP contribution >= 0.6 is 0 Å². The van der Waals surface area contributed by atoms with Gasteiger partial charge in [0.25, 0.3) is 0 Å². The maximum atomic E-state index is 11.3. The van der Waals surface area contributed by atoms with Crippen LogP contribution in [0.1, 0.15) is 34.3 Å². The Balaban J connectivity index is 1.61. The fourth-order valence-electron chi connectivity index (χ4n) is 2.33. The zero-order valence-electron chi connectivity index (χ0n) is 13.0. The summed E-state index contributed by atoms with van der Waals surface area (Å²) in [5.74, 6) is -0.291. The minimum Gasteiger partial charge on any atom is -0.465 e. The Morgan fingerprint density at radius 1 is 0.955 bits per heavy atom. The van der Waals surface area contributed by atoms with E-state index in [0.717, 1.165) is 25.9 Å². The third kappa shape index (κ3) is 5.34. The summed E-state index contributed by atoms with van der Waals surface area (Å²) in [4.78, 5) is 11.3. The van der Waals surface area contributed by atoms with Gasteiger partial charge in [-0.15, -0.1) is 0 Å². The standard InChI is InChI=1S/C19H23NO2/c1-22-19(21)18-12-10-17(11-13-18)15-20-14-6-5-9-16-7-3-2-4-8-16/h2-4,7-8,10-13,20H,5-6,9,14-15H2,1H3. The number of hydrogen-bond donors (Lipinski definition) is 1. The summed E-state index contributed by atoms with van der Waals surface area (Å²) in [6.07, 6.45) is 3.49. The summed E-state index contributed by atoms with van der Waals surface area (Å²) in [5, 5.41) is 3.43. The van der Waals surface area contributed by atoms with E-state index in [9.17, 15) is 4.79 Å². The zero-order valence-corrected chi connectivity index (χ0v) is 13.0. The third-order valence-corrected chi connectivity index (χ3v) is 3.62. The van der Waals surface area contributed by atoms with Crippen LogP contribution in [0.4, 0.5) is 0 Å². The Bertz CT molecular complexity index is 564. The fourth-order valence-corrected chi connectivity index (χ4v) is 2.33. The van der Waals surface area contributed by atoms with Crippen LogP contribution in [0.3, 0.4) is 0 Å². The number of ether oxygens (including phenoxy) is 1. The Morgan fingerprint density at radius 2 is 1.68 bits per heavy atom. The molecule has 0 fully saturated rings. The molecule has 0 saturated heterocycles. The molecule has 0 heterocycles. The molecule has 0 aliphatic rings. The Hall–Kier alpha value is -2.13. The second-order valence-electron chi connectivity index (χ2n) is 5.31. The number of nitrogens with one attached hydrogen (secondary N) is 1. The molecule has 2 aromatic carbocycles. The van der Waals surface area contributed by atoms with Crippen molar-refractivity contribution in [1.82, 2.24) is 5.32 Å². The molecule has 0 aliphatic heterocycles. The molecule has 0 aromatic heterocycles. The van der Waals surface area contributed by atoms with Crippen LogP contribution in [-0.2, 0) is 17.7 Å². The number of esters is 1. The highest BCUT2D eigenvalue weighted by Crippen LogP contribution is 2.06. The summed E-state index contributed by atoms with van der Waals surface area (Å²) in [7, 11) is 1.40. The number of methoxy groups -OCH3 is 1. The fraction of sp³-hybridized carbons (Fsp3) is 0.316. The van der Waals surface area contributed by atoms with Gasteiger partial charge in [0.2, 0.25) is 0 Å². The van der Waals surface area contributed by atoms with Gasteiger partial charge < -0.3 is 10.1 Å². The molecule has 3 heteroatoms. The van der Waals surface area contributed by atoms with Crippen molar-refractivity contribution in [3.05, 3.63) is 71.3 Å². The van der Waals surface area contributed by atoms with Crippen molar-refractivity contribution >= 4 is 5.97 Å². The molecule has 3 nitrogen and oxygen atoms in total. The zero-order chi connectivity index (χ0) is 15.6. The summed E-state index contributed by atoms with van der Waals surface area (Å²) < 4.78 is 4.68. The van der Waals surface area contributed by atoms with E-state index in [1.54, 1.807) is 12.1 Å². The number of carbonyl (C=O) groups is 1. The number of benzene rings is 2. The maximum Gasteiger partial charge on any atom is 0.337 e. The van der Waals surface area contributed by atoms with Gasteiger partial charge in [-0.05, 0) is 49.1 Å². The maximum absolute atomic E-state index is 11.3. The molecular formula is C19H23NO2. The van der Waals surface area contributed by atoms with Crippen LogP contribution in [0.25, 0.3) is 0 Å². The minimum absolute atomic E-state index is 0.291. The molecule has 0 amide bonds. The van der Waals surface area contributed by atoms with Crippen molar-refractivity contribution in [3.8, 4) is 0 Å². The lowest BCUT2D eigenvalue weighted by molar-refractivity contribution is 0.0600. The first-order valence-electron chi connectivity index (χ1n) is 7.71. The molecule has 0 bridgehead atoms. The van der Waals surface area contributed by atoms with Crippen LogP contribution in [-0.4, -0.2) is 19.6 Å². The summed E-state index contributed by atoms with van der Waals surface area (Å²) in [5.41, 5.74) is 3.17. The smallest absolute Gasteiger partial charge is 0.337 e. The van der Waals surface area contributed by atoms with Gasteiger partial charge in [-0.3, -0.25) is 0 Å². The quantitative estimate of drug-likeness (QED) is 0.598. The average Bonchev–Trinajstić information content (AvgIpc) is 2.58. The first kappa shape index (κ1) is 16.2. The van der Waals surface area contributed by atoms with Crippen LogP contribution in [0.15, 0.2) is 54.6 Å². The molecule has 0 saturated carbocycles. The average molecular weight is 297 g/mol. The van der Waals surface area contributed by atoms with Gasteiger partial charge in [0, 0.05) is 6.54 Å². The first-order chi connectivity index (χ1) is 10.8. The molecule has 2 aromatic rings. The molecule has 0 unspecified atom stereocenters. The van der Waals surface area contributed by atoms with E-state index in [1.807, 2.05) is 12.1 Å². The highest BCUT2D eigenvalue weighted by molar-refractivity contribution is 5.89. The van der Waals surface area contributed by atoms with Crippen molar-refractivity contribution in [1.29, 1.82) is 0 Å². The molecule has 0 radical (unpaired) electrons. The number of unbranched alkanes of at least 4 members (excludes halogenated alkanes) is 1. The van der Waals surface area contributed by atoms with E-state index < -0.39 is 0 Å². The molecule has 22 heavy (non-hydrogen) atoms. The molecule has 1 N–H and O–H groups in total. The third-order valence-electron chi connectivity index (χ3n) is 3.62. The lowest BCUT2D eigenvalue weighted by atomic mass is 10.1. The Morgan fingerprint density at radius 3 is 2.36 bits per heavy atom. The van der Waals surface area contributed by atoms with Crippen LogP contribution in [0.5, 0.6) is 0 Å². The number of aryl methyl sites for hydroxylation is 1. The van der Waals surface area contributed by atoms with Gasteiger partial charge in [-0.2, -0.15) is 0 Å². The Labute approximate surface area is 132 Å². The van der Waals surface area contributed by atoms with Gasteiger partial charge in [-0.25, -0.2) is 4.79 Å². The molecule has 2 rings (SSSR count). The first-order valence-corrected chi connectivity index (χ1v) is 7.71. The van der Waals surface area contributed by atoms with Crippen molar-refractivity contribution in [2.24, 2.45) is 0 Å². The second kappa shape index (κ2) is 9.00. The largest absolute Gasteiger partial charge is 0.465 e. The second-order valence-corrected chi connectivity index (χ2v) is 5.31. The van der Waals surface area contributed by atoms with E-state index in [4.69, 9.17) is 0 Å². The molecule has 0 spiro atoms. The summed E-state index contributed by atoms with van der Waals surface area (Å²) >= 11 is 0. The minimum atomic E-state index is -0.291. The van der Waals surface area contributed by atoms with Gasteiger partial charge in [-0.1, -0.05) is 42.5 Å². The lowest BCUT2D eigenvalue weighted by Crippen LogP contribution is -2.15. The highest BCUT2D eigenvalue weighted by Gasteiger charge is 2.03. The van der Waals surface area contributed by atoms with Crippen molar-refractivity contribution < 1.29 is 9.53 Å². The van der Waals surface area contributed by atoms with E-state index in [0.29, 0.717) is 5.56 Å². The molecule has 116 valence electrons. The van der Waals surface area contributed by atoms with Gasteiger partial charge in [0.05, 0.1) is 12.7 Å². The molecular weight excluding hydrogens is 274 g/mol. The normalized spacial score (nSPS) is 10.4. The van der Waals surface area contributed by atoms with Gasteiger partial charge >= 0.3 is 5.97 Å². The van der Waals surface area contributed by atoms with Crippen LogP contribution in [0, 0.1) is 0 Å². The number of hydrogen-bond acceptors (Lipinski definition) is 3. The van der Waals surface area contributed by atoms with E-state index in [2.05, 4.69) is 40.4 Å². The number of carbonyl (C=O) groups excluding carboxylic acids is 1. The van der Waals surface area contributed by atoms with Crippen LogP contribution in [0.2, 0.25) is 0 Å². The monoisotopic (exact) mass is 297 g/mol. The van der Waals surface area contributed by atoms with Gasteiger partial charge in [0.1, 0.15) is 0 Å². The summed E-state index contributed by atoms with van der Waals surface area (Å²) in [6.45, 7) is 1.83. The van der Waals surface area contributed by atoms with Crippen molar-refractivity contribution in [3.63, 3.8) is 0 Å². The Kier molecular flexibility index (Phi) is 6.65. The van der Waals surface area contributed by atoms with E-state index >= 15 is 0 Å². The SMILES string of the molecule is COC(=O)c1ccc(CNCCCCc2ccccc2)cc1. The highest BCUT2D eigenvalue weighted by atomic mass is 16.5. The lowest BCUT2D eigenvalue weighted by Gasteiger charge is -2.06. The predicted molar refractivity (Wildman–Crippen MR) is 88.9 cm³/mol. The van der Waals surface area contributed by atoms with E-state index in [-0.39, 0.29) is 5.97 Å². The predicted octanol–water partition coefficient (Wildman–Crippen LogP) is 3.59. The summed E-state index contributed by atoms with van der Waals surface area (Å²) in [6, 6.07) is 18.1. The van der Waals surface area contributed by atoms with Crippen molar-refractivity contribution in [2.45, 2.75) is 25.8 Å². The molecule has 0 aliphatic carbocycles. The van der Waals surface area contributed by atoms with Crippen LogP contribution < -0.4 is 5.32 Å². The topological polar surface area (TPSA) is 38.3 Å². The number of rotatable bonds is 8.